The number of esters is 1. The standard InChI is InChI=1S/C40H49NO12/c1-18-13-12-14-19(2)38(47)41-25-17-26(43)28-29(32(25)45)31(44)21(4)36-30(28)37(46)40(10,53-36)49-16-15-27(48-11)20(3)34(50-24(7)42)23(6)35-22(5)33(18)51-39(8,9)52-35/h12-18,20,22-23,27,33-35,44H,1-11H3,(H,41,47)/b13-12+,16-15+,19-14-/t18-,20+,22-,23+,27-,33-,34+,35-,40-/m0/s1. The van der Waals surface area contributed by atoms with E-state index in [-0.39, 0.29) is 57.6 Å². The van der Waals surface area contributed by atoms with Crippen LogP contribution >= 0.6 is 0 Å². The number of methoxy groups -OCH3 is 1. The van der Waals surface area contributed by atoms with Crippen LogP contribution in [0.2, 0.25) is 0 Å². The van der Waals surface area contributed by atoms with E-state index in [4.69, 9.17) is 28.4 Å². The van der Waals surface area contributed by atoms with E-state index in [1.807, 2.05) is 47.6 Å². The number of phenolic OH excluding ortho intramolecular Hbond substituents is 1. The van der Waals surface area contributed by atoms with Gasteiger partial charge in [-0.15, -0.1) is 0 Å². The molecule has 6 rings (SSSR count). The quantitative estimate of drug-likeness (QED) is 0.370. The fraction of sp³-hybridized carbons (Fsp3) is 0.525. The van der Waals surface area contributed by atoms with Crippen molar-refractivity contribution >= 4 is 29.2 Å². The first-order chi connectivity index (χ1) is 24.7. The highest BCUT2D eigenvalue weighted by atomic mass is 16.7. The number of carbonyl (C=O) groups excluding carboxylic acids is 5. The molecule has 1 aromatic carbocycles. The van der Waals surface area contributed by atoms with Gasteiger partial charge >= 0.3 is 11.8 Å². The van der Waals surface area contributed by atoms with Crippen molar-refractivity contribution in [1.82, 2.24) is 5.32 Å². The molecule has 7 bridgehead atoms. The zero-order valence-corrected chi connectivity index (χ0v) is 32.0. The molecule has 1 amide bonds. The second kappa shape index (κ2) is 14.7. The summed E-state index contributed by atoms with van der Waals surface area (Å²) < 4.78 is 36.6. The van der Waals surface area contributed by atoms with E-state index in [1.54, 1.807) is 25.2 Å². The van der Waals surface area contributed by atoms with Gasteiger partial charge in [-0.25, -0.2) is 0 Å². The van der Waals surface area contributed by atoms with Crippen LogP contribution < -0.4 is 10.1 Å². The molecule has 1 aliphatic carbocycles. The topological polar surface area (TPSA) is 173 Å². The maximum absolute atomic E-state index is 14.0. The fourth-order valence-corrected chi connectivity index (χ4v) is 7.71. The Bertz CT molecular complexity index is 1850. The molecule has 1 saturated heterocycles. The summed E-state index contributed by atoms with van der Waals surface area (Å²) in [4.78, 5) is 67.0. The van der Waals surface area contributed by atoms with Crippen LogP contribution in [0.1, 0.15) is 99.0 Å². The Labute approximate surface area is 309 Å². The van der Waals surface area contributed by atoms with E-state index in [1.165, 1.54) is 34.1 Å². The molecule has 0 spiro atoms. The summed E-state index contributed by atoms with van der Waals surface area (Å²) in [5.74, 6) is -8.33. The highest BCUT2D eigenvalue weighted by Gasteiger charge is 2.52. The molecule has 4 aliphatic heterocycles. The molecular weight excluding hydrogens is 686 g/mol. The predicted molar refractivity (Wildman–Crippen MR) is 191 cm³/mol. The number of phenols is 1. The van der Waals surface area contributed by atoms with E-state index in [0.29, 0.717) is 0 Å². The van der Waals surface area contributed by atoms with Gasteiger partial charge in [0.05, 0.1) is 47.0 Å². The number of hydrogen-bond donors (Lipinski definition) is 2. The molecule has 0 aromatic heterocycles. The molecule has 4 heterocycles. The summed E-state index contributed by atoms with van der Waals surface area (Å²) >= 11 is 0. The molecule has 1 aromatic rings. The van der Waals surface area contributed by atoms with Crippen LogP contribution in [-0.4, -0.2) is 77.4 Å². The van der Waals surface area contributed by atoms with Gasteiger partial charge in [0.1, 0.15) is 17.6 Å². The smallest absolute Gasteiger partial charge is 0.312 e. The first-order valence-electron chi connectivity index (χ1n) is 17.7. The average molecular weight is 736 g/mol. The van der Waals surface area contributed by atoms with Crippen molar-refractivity contribution in [2.24, 2.45) is 23.7 Å². The third kappa shape index (κ3) is 7.34. The first kappa shape index (κ1) is 39.6. The molecule has 0 saturated carbocycles. The van der Waals surface area contributed by atoms with Gasteiger partial charge in [-0.1, -0.05) is 45.9 Å². The van der Waals surface area contributed by atoms with Crippen LogP contribution in [0.3, 0.4) is 0 Å². The van der Waals surface area contributed by atoms with E-state index in [0.717, 1.165) is 6.08 Å². The highest BCUT2D eigenvalue weighted by Crippen LogP contribution is 2.48. The SMILES string of the molecule is CO[C@H]1/C=C/O[C@@]2(C)Oc3c(C)c(O)c4c(c3C2=O)C(=O)C=C(NC(=O)/C(C)=C\C=C\[C@H](C)[C@@H]2OC(C)(C)O[C@H]([C@H](C)[C@H](OC(C)=O)[C@@H]1C)[C@H]2C)C4=O. The summed E-state index contributed by atoms with van der Waals surface area (Å²) in [5, 5.41) is 13.7. The van der Waals surface area contributed by atoms with Gasteiger partial charge in [0.2, 0.25) is 5.78 Å². The fourth-order valence-electron chi connectivity index (χ4n) is 7.71. The maximum Gasteiger partial charge on any atom is 0.312 e. The summed E-state index contributed by atoms with van der Waals surface area (Å²) in [7, 11) is 1.49. The molecule has 13 heteroatoms. The number of fused-ring (bicyclic) bond motifs is 10. The molecule has 53 heavy (non-hydrogen) atoms. The molecule has 5 aliphatic rings. The van der Waals surface area contributed by atoms with Gasteiger partial charge in [0.15, 0.2) is 11.6 Å². The lowest BCUT2D eigenvalue weighted by Crippen LogP contribution is -2.56. The molecule has 9 atom stereocenters. The van der Waals surface area contributed by atoms with Crippen molar-refractivity contribution in [2.75, 3.05) is 7.11 Å². The second-order valence-electron chi connectivity index (χ2n) is 15.0. The zero-order valence-electron chi connectivity index (χ0n) is 32.0. The van der Waals surface area contributed by atoms with Crippen molar-refractivity contribution in [1.29, 1.82) is 0 Å². The summed E-state index contributed by atoms with van der Waals surface area (Å²) in [6.07, 6.45) is 6.77. The summed E-state index contributed by atoms with van der Waals surface area (Å²) in [6, 6.07) is 0. The molecule has 1 fully saturated rings. The number of ether oxygens (including phenoxy) is 6. The number of ketones is 3. The Kier molecular flexibility index (Phi) is 11.0. The van der Waals surface area contributed by atoms with Crippen molar-refractivity contribution in [3.63, 3.8) is 0 Å². The monoisotopic (exact) mass is 735 g/mol. The van der Waals surface area contributed by atoms with E-state index in [9.17, 15) is 29.1 Å². The van der Waals surface area contributed by atoms with Crippen molar-refractivity contribution in [3.8, 4) is 11.5 Å². The molecule has 286 valence electrons. The average Bonchev–Trinajstić information content (AvgIpc) is 3.35. The van der Waals surface area contributed by atoms with Crippen LogP contribution in [0.5, 0.6) is 11.5 Å². The first-order valence-corrected chi connectivity index (χ1v) is 17.7. The van der Waals surface area contributed by atoms with E-state index in [2.05, 4.69) is 5.32 Å². The van der Waals surface area contributed by atoms with Crippen LogP contribution in [-0.2, 0) is 33.3 Å². The Morgan fingerprint density at radius 1 is 0.906 bits per heavy atom. The lowest BCUT2D eigenvalue weighted by atomic mass is 9.77. The minimum Gasteiger partial charge on any atom is -0.507 e. The van der Waals surface area contributed by atoms with Crippen molar-refractivity contribution < 1.29 is 57.5 Å². The van der Waals surface area contributed by atoms with Gasteiger partial charge in [-0.3, -0.25) is 24.0 Å². The van der Waals surface area contributed by atoms with Crippen LogP contribution in [0.15, 0.2) is 47.9 Å². The highest BCUT2D eigenvalue weighted by molar-refractivity contribution is 6.30. The third-order valence-electron chi connectivity index (χ3n) is 10.6. The number of amides is 1. The zero-order chi connectivity index (χ0) is 39.3. The number of aromatic hydroxyl groups is 1. The maximum atomic E-state index is 14.0. The molecule has 0 unspecified atom stereocenters. The van der Waals surface area contributed by atoms with Gasteiger partial charge in [0, 0.05) is 61.8 Å². The third-order valence-corrected chi connectivity index (χ3v) is 10.6. The number of Topliss-reactive ketones (excluding diaryl/α,β-unsaturated/α-hetero) is 2. The Balaban J connectivity index is 1.62. The minimum atomic E-state index is -2.00. The van der Waals surface area contributed by atoms with Gasteiger partial charge in [-0.2, -0.15) is 0 Å². The second-order valence-corrected chi connectivity index (χ2v) is 15.0. The van der Waals surface area contributed by atoms with Crippen LogP contribution in [0.25, 0.3) is 0 Å². The minimum absolute atomic E-state index is 0.0356. The van der Waals surface area contributed by atoms with Crippen molar-refractivity contribution in [2.45, 2.75) is 105 Å². The van der Waals surface area contributed by atoms with Gasteiger partial charge in [-0.05, 0) is 33.8 Å². The number of rotatable bonds is 2. The summed E-state index contributed by atoms with van der Waals surface area (Å²) in [6.45, 7) is 17.2. The van der Waals surface area contributed by atoms with Crippen molar-refractivity contribution in [3.05, 3.63) is 70.2 Å². The largest absolute Gasteiger partial charge is 0.507 e. The predicted octanol–water partition coefficient (Wildman–Crippen LogP) is 5.43. The Hall–Kier alpha value is -4.59. The molecule has 2 N–H and O–H groups in total. The normalized spacial score (nSPS) is 35.2. The lowest BCUT2D eigenvalue weighted by molar-refractivity contribution is -0.336. The Morgan fingerprint density at radius 3 is 2.21 bits per heavy atom. The summed E-state index contributed by atoms with van der Waals surface area (Å²) in [5.41, 5.74) is -1.07. The number of benzene rings is 1. The Morgan fingerprint density at radius 2 is 1.57 bits per heavy atom. The number of nitrogens with one attached hydrogen (secondary N) is 1. The number of hydrogen-bond acceptors (Lipinski definition) is 12. The molecule has 13 nitrogen and oxygen atoms in total. The van der Waals surface area contributed by atoms with E-state index < -0.39 is 76.3 Å². The number of carbonyl (C=O) groups is 5. The number of allylic oxidation sites excluding steroid dienone is 4. The van der Waals surface area contributed by atoms with Crippen LogP contribution in [0.4, 0.5) is 0 Å². The molecular formula is C40H49NO12. The lowest BCUT2D eigenvalue weighted by Gasteiger charge is -2.50. The van der Waals surface area contributed by atoms with E-state index >= 15 is 0 Å². The van der Waals surface area contributed by atoms with Crippen LogP contribution in [0, 0.1) is 30.6 Å². The van der Waals surface area contributed by atoms with Gasteiger partial charge in [0.25, 0.3) is 11.7 Å². The molecule has 0 radical (unpaired) electrons. The van der Waals surface area contributed by atoms with Gasteiger partial charge < -0.3 is 38.8 Å².